The summed E-state index contributed by atoms with van der Waals surface area (Å²) >= 11 is 0. The quantitative estimate of drug-likeness (QED) is 0.216. The van der Waals surface area contributed by atoms with E-state index in [-0.39, 0.29) is 18.3 Å². The van der Waals surface area contributed by atoms with Crippen molar-refractivity contribution < 1.29 is 19.1 Å². The summed E-state index contributed by atoms with van der Waals surface area (Å²) in [6, 6.07) is 6.87. The zero-order valence-electron chi connectivity index (χ0n) is 15.9. The van der Waals surface area contributed by atoms with Gasteiger partial charge in [0.25, 0.3) is 0 Å². The lowest BCUT2D eigenvalue weighted by molar-refractivity contribution is -0.177. The zero-order valence-corrected chi connectivity index (χ0v) is 15.9. The molecule has 6 N–H and O–H groups in total. The van der Waals surface area contributed by atoms with E-state index in [2.05, 4.69) is 10.6 Å². The largest absolute Gasteiger partial charge is 0.467 e. The Hall–Kier alpha value is -3.43. The van der Waals surface area contributed by atoms with Crippen LogP contribution in [0.5, 0.6) is 0 Å². The van der Waals surface area contributed by atoms with Gasteiger partial charge in [0.05, 0.1) is 18.6 Å². The lowest BCUT2D eigenvalue weighted by atomic mass is 9.69. The molecule has 2 rings (SSSR count). The number of guanidine groups is 1. The van der Waals surface area contributed by atoms with E-state index in [1.807, 2.05) is 30.3 Å². The summed E-state index contributed by atoms with van der Waals surface area (Å²) in [7, 11) is 1.16. The molecule has 28 heavy (non-hydrogen) atoms. The summed E-state index contributed by atoms with van der Waals surface area (Å²) in [5.41, 5.74) is 4.67. The summed E-state index contributed by atoms with van der Waals surface area (Å²) < 4.78 is 4.76. The molecule has 0 aromatic heterocycles. The van der Waals surface area contributed by atoms with Gasteiger partial charge in [0.15, 0.2) is 12.0 Å². The van der Waals surface area contributed by atoms with Crippen LogP contribution in [-0.4, -0.2) is 47.8 Å². The van der Waals surface area contributed by atoms with Crippen LogP contribution in [0.25, 0.3) is 0 Å². The van der Waals surface area contributed by atoms with E-state index in [0.717, 1.165) is 17.6 Å². The average molecular weight is 388 g/mol. The number of urea groups is 1. The fourth-order valence-electron chi connectivity index (χ4n) is 3.24. The number of esters is 1. The number of β-lactam (4-membered cyclic amide) rings is 1. The second kappa shape index (κ2) is 8.07. The van der Waals surface area contributed by atoms with Crippen molar-refractivity contribution in [3.8, 4) is 0 Å². The molecular formula is C18H24N6O4. The Labute approximate surface area is 162 Å². The molecule has 3 amide bonds. The van der Waals surface area contributed by atoms with Gasteiger partial charge in [-0.2, -0.15) is 0 Å². The molecular weight excluding hydrogens is 364 g/mol. The first kappa shape index (κ1) is 20.9. The maximum atomic E-state index is 12.7. The Bertz CT molecular complexity index is 812. The number of likely N-dealkylation sites (tertiary alicyclic amines) is 1. The van der Waals surface area contributed by atoms with Crippen LogP contribution in [0.1, 0.15) is 31.9 Å². The highest BCUT2D eigenvalue weighted by atomic mass is 16.5. The highest BCUT2D eigenvalue weighted by Gasteiger charge is 2.64. The molecule has 1 aromatic carbocycles. The van der Waals surface area contributed by atoms with Gasteiger partial charge in [0.1, 0.15) is 5.84 Å². The molecule has 0 spiro atoms. The van der Waals surface area contributed by atoms with Crippen molar-refractivity contribution in [1.29, 1.82) is 10.8 Å². The normalized spacial score (nSPS) is 21.9. The van der Waals surface area contributed by atoms with E-state index < -0.39 is 35.3 Å². The van der Waals surface area contributed by atoms with Gasteiger partial charge < -0.3 is 21.1 Å². The van der Waals surface area contributed by atoms with Gasteiger partial charge >= 0.3 is 12.0 Å². The lowest BCUT2D eigenvalue weighted by Gasteiger charge is -2.51. The molecule has 0 bridgehead atoms. The number of amides is 3. The van der Waals surface area contributed by atoms with Crippen LogP contribution in [0, 0.1) is 16.2 Å². The Balaban J connectivity index is 2.18. The van der Waals surface area contributed by atoms with E-state index in [4.69, 9.17) is 21.3 Å². The highest BCUT2D eigenvalue weighted by Crippen LogP contribution is 2.43. The van der Waals surface area contributed by atoms with Crippen molar-refractivity contribution in [3.05, 3.63) is 35.9 Å². The maximum absolute atomic E-state index is 12.7. The summed E-state index contributed by atoms with van der Waals surface area (Å²) in [4.78, 5) is 38.5. The van der Waals surface area contributed by atoms with Gasteiger partial charge in [-0.05, 0) is 19.4 Å². The minimum Gasteiger partial charge on any atom is -0.467 e. The number of carbonyl (C=O) groups is 3. The highest BCUT2D eigenvalue weighted by molar-refractivity contribution is 6.12. The number of nitrogens with zero attached hydrogens (tertiary/aromatic N) is 1. The number of hydrogen-bond donors (Lipinski definition) is 5. The minimum absolute atomic E-state index is 0.205. The number of methoxy groups -OCH3 is 1. The van der Waals surface area contributed by atoms with Gasteiger partial charge in [-0.1, -0.05) is 30.3 Å². The number of rotatable bonds is 5. The number of imide groups is 1. The summed E-state index contributed by atoms with van der Waals surface area (Å²) in [6.07, 6.45) is -0.205. The summed E-state index contributed by atoms with van der Waals surface area (Å²) in [5.74, 6) is -2.05. The number of benzene rings is 1. The number of carbonyl (C=O) groups excluding carboxylic acids is 3. The van der Waals surface area contributed by atoms with Crippen LogP contribution < -0.4 is 16.4 Å². The minimum atomic E-state index is -1.36. The third-order valence-corrected chi connectivity index (χ3v) is 4.68. The van der Waals surface area contributed by atoms with E-state index in [1.165, 1.54) is 6.92 Å². The molecule has 0 saturated carbocycles. The molecule has 1 fully saturated rings. The van der Waals surface area contributed by atoms with E-state index >= 15 is 0 Å². The SMILES string of the molecule is COC(=O)[C@H]1N(C(=O)N[C@H](C)c2ccccc2)C(=O)[C@]1(C)CC(=N)NC(=N)N. The second-order valence-corrected chi connectivity index (χ2v) is 6.79. The van der Waals surface area contributed by atoms with E-state index in [0.29, 0.717) is 0 Å². The van der Waals surface area contributed by atoms with Crippen molar-refractivity contribution >= 4 is 29.7 Å². The molecule has 0 radical (unpaired) electrons. The predicted octanol–water partition coefficient (Wildman–Crippen LogP) is 0.698. The number of nitrogens with two attached hydrogens (primary N) is 1. The van der Waals surface area contributed by atoms with Crippen LogP contribution in [-0.2, 0) is 14.3 Å². The van der Waals surface area contributed by atoms with Crippen LogP contribution in [0.3, 0.4) is 0 Å². The molecule has 10 heteroatoms. The first-order chi connectivity index (χ1) is 13.1. The molecule has 1 aliphatic rings. The molecule has 1 saturated heterocycles. The summed E-state index contributed by atoms with van der Waals surface area (Å²) in [5, 5.41) is 20.0. The first-order valence-corrected chi connectivity index (χ1v) is 8.57. The standard InChI is InChI=1S/C18H24N6O4/c1-10(11-7-5-4-6-8-11)22-17(27)24-13(14(25)28-3)18(2,15(24)26)9-12(19)23-16(20)21/h4-8,10,13H,9H2,1-3H3,(H,22,27)(H5,19,20,21,23)/t10-,13-,18-/m1/s1. The predicted molar refractivity (Wildman–Crippen MR) is 102 cm³/mol. The van der Waals surface area contributed by atoms with Crippen molar-refractivity contribution in [2.45, 2.75) is 32.4 Å². The Morgan fingerprint density at radius 2 is 1.93 bits per heavy atom. The Kier molecular flexibility index (Phi) is 6.02. The fourth-order valence-corrected chi connectivity index (χ4v) is 3.24. The van der Waals surface area contributed by atoms with Crippen LogP contribution in [0.15, 0.2) is 30.3 Å². The molecule has 150 valence electrons. The van der Waals surface area contributed by atoms with Crippen molar-refractivity contribution in [1.82, 2.24) is 15.5 Å². The lowest BCUT2D eigenvalue weighted by Crippen LogP contribution is -2.74. The molecule has 1 aliphatic heterocycles. The first-order valence-electron chi connectivity index (χ1n) is 8.57. The molecule has 1 aromatic rings. The number of hydrogen-bond acceptors (Lipinski definition) is 6. The fraction of sp³-hybridized carbons (Fsp3) is 0.389. The van der Waals surface area contributed by atoms with Gasteiger partial charge in [-0.25, -0.2) is 14.5 Å². The van der Waals surface area contributed by atoms with Gasteiger partial charge in [0.2, 0.25) is 5.91 Å². The van der Waals surface area contributed by atoms with E-state index in [1.54, 1.807) is 6.92 Å². The van der Waals surface area contributed by atoms with Gasteiger partial charge in [-0.3, -0.25) is 15.6 Å². The van der Waals surface area contributed by atoms with Crippen LogP contribution >= 0.6 is 0 Å². The zero-order chi connectivity index (χ0) is 21.1. The number of amidine groups is 1. The third-order valence-electron chi connectivity index (χ3n) is 4.68. The molecule has 0 aliphatic carbocycles. The topological polar surface area (TPSA) is 161 Å². The number of nitrogens with one attached hydrogen (secondary N) is 4. The third kappa shape index (κ3) is 3.95. The average Bonchev–Trinajstić information content (AvgIpc) is 2.64. The molecule has 1 heterocycles. The van der Waals surface area contributed by atoms with Crippen molar-refractivity contribution in [2.75, 3.05) is 7.11 Å². The molecule has 10 nitrogen and oxygen atoms in total. The maximum Gasteiger partial charge on any atom is 0.330 e. The molecule has 0 unspecified atom stereocenters. The second-order valence-electron chi connectivity index (χ2n) is 6.79. The van der Waals surface area contributed by atoms with Crippen LogP contribution in [0.2, 0.25) is 0 Å². The van der Waals surface area contributed by atoms with Crippen LogP contribution in [0.4, 0.5) is 4.79 Å². The molecule has 3 atom stereocenters. The van der Waals surface area contributed by atoms with Crippen molar-refractivity contribution in [3.63, 3.8) is 0 Å². The Morgan fingerprint density at radius 1 is 1.32 bits per heavy atom. The van der Waals surface area contributed by atoms with Gasteiger partial charge in [-0.15, -0.1) is 0 Å². The number of ether oxygens (including phenoxy) is 1. The van der Waals surface area contributed by atoms with Gasteiger partial charge in [0, 0.05) is 6.42 Å². The van der Waals surface area contributed by atoms with E-state index in [9.17, 15) is 14.4 Å². The smallest absolute Gasteiger partial charge is 0.330 e. The monoisotopic (exact) mass is 388 g/mol. The Morgan fingerprint density at radius 3 is 2.46 bits per heavy atom. The van der Waals surface area contributed by atoms with Crippen molar-refractivity contribution in [2.24, 2.45) is 11.1 Å². The summed E-state index contributed by atoms with van der Waals surface area (Å²) in [6.45, 7) is 3.23.